The van der Waals surface area contributed by atoms with E-state index in [1.54, 1.807) is 6.07 Å². The average molecular weight is 346 g/mol. The Bertz CT molecular complexity index is 612. The quantitative estimate of drug-likeness (QED) is 0.819. The van der Waals surface area contributed by atoms with Crippen molar-refractivity contribution >= 4 is 27.3 Å². The summed E-state index contributed by atoms with van der Waals surface area (Å²) in [4.78, 5) is 11.8. The molecule has 1 aliphatic rings. The lowest BCUT2D eigenvalue weighted by Gasteiger charge is -2.10. The number of benzene rings is 1. The molecule has 22 heavy (non-hydrogen) atoms. The summed E-state index contributed by atoms with van der Waals surface area (Å²) < 4.78 is 29.2. The molecule has 1 amide bonds. The van der Waals surface area contributed by atoms with Crippen LogP contribution < -0.4 is 5.32 Å². The molecule has 1 heterocycles. The molecule has 1 aliphatic heterocycles. The fraction of sp³-hybridized carbons (Fsp3) is 0.533. The van der Waals surface area contributed by atoms with Crippen molar-refractivity contribution in [3.05, 3.63) is 34.9 Å². The van der Waals surface area contributed by atoms with Crippen molar-refractivity contribution in [3.63, 3.8) is 0 Å². The molecule has 1 aromatic rings. The maximum absolute atomic E-state index is 11.9. The van der Waals surface area contributed by atoms with Gasteiger partial charge in [0.1, 0.15) is 0 Å². The van der Waals surface area contributed by atoms with Gasteiger partial charge in [0.05, 0.1) is 17.6 Å². The predicted molar refractivity (Wildman–Crippen MR) is 85.5 cm³/mol. The van der Waals surface area contributed by atoms with Crippen molar-refractivity contribution in [2.75, 3.05) is 18.1 Å². The van der Waals surface area contributed by atoms with Gasteiger partial charge in [-0.15, -0.1) is 0 Å². The van der Waals surface area contributed by atoms with Gasteiger partial charge in [-0.3, -0.25) is 4.79 Å². The van der Waals surface area contributed by atoms with E-state index in [-0.39, 0.29) is 29.9 Å². The molecule has 1 N–H and O–H groups in total. The summed E-state index contributed by atoms with van der Waals surface area (Å²) in [5.41, 5.74) is 0.805. The third kappa shape index (κ3) is 5.59. The van der Waals surface area contributed by atoms with Gasteiger partial charge < -0.3 is 10.1 Å². The zero-order valence-electron chi connectivity index (χ0n) is 12.3. The number of hydrogen-bond donors (Lipinski definition) is 1. The Hall–Kier alpha value is -1.11. The van der Waals surface area contributed by atoms with Crippen LogP contribution in [0.2, 0.25) is 5.02 Å². The molecule has 1 fully saturated rings. The molecule has 0 unspecified atom stereocenters. The van der Waals surface area contributed by atoms with Gasteiger partial charge in [-0.05, 0) is 24.5 Å². The molecule has 1 atom stereocenters. The van der Waals surface area contributed by atoms with E-state index in [0.29, 0.717) is 18.2 Å². The van der Waals surface area contributed by atoms with E-state index in [1.165, 1.54) is 0 Å². The highest BCUT2D eigenvalue weighted by atomic mass is 35.5. The van der Waals surface area contributed by atoms with Crippen LogP contribution in [-0.2, 0) is 25.9 Å². The van der Waals surface area contributed by atoms with E-state index in [0.717, 1.165) is 18.4 Å². The van der Waals surface area contributed by atoms with Crippen molar-refractivity contribution in [2.45, 2.75) is 31.9 Å². The Morgan fingerprint density at radius 3 is 2.82 bits per heavy atom. The Labute approximate surface area is 135 Å². The first-order valence-corrected chi connectivity index (χ1v) is 9.48. The molecular formula is C15H20ClNO4S. The Morgan fingerprint density at radius 1 is 1.36 bits per heavy atom. The normalized spacial score (nSPS) is 18.3. The monoisotopic (exact) mass is 345 g/mol. The molecule has 0 aliphatic carbocycles. The first-order chi connectivity index (χ1) is 10.5. The molecule has 1 aromatic carbocycles. The van der Waals surface area contributed by atoms with E-state index in [1.807, 2.05) is 18.2 Å². The van der Waals surface area contributed by atoms with Crippen LogP contribution in [0.4, 0.5) is 0 Å². The molecular weight excluding hydrogens is 326 g/mol. The number of ether oxygens (including phenoxy) is 1. The maximum atomic E-state index is 11.9. The SMILES string of the molecule is O=C(CCS(=O)(=O)C[C@H]1CCCO1)NCc1ccccc1Cl. The van der Waals surface area contributed by atoms with Gasteiger partial charge in [-0.25, -0.2) is 8.42 Å². The molecule has 0 radical (unpaired) electrons. The summed E-state index contributed by atoms with van der Waals surface area (Å²) >= 11 is 5.99. The minimum absolute atomic E-state index is 0.00476. The van der Waals surface area contributed by atoms with E-state index < -0.39 is 9.84 Å². The third-order valence-corrected chi connectivity index (χ3v) is 5.61. The van der Waals surface area contributed by atoms with Crippen molar-refractivity contribution < 1.29 is 17.9 Å². The highest BCUT2D eigenvalue weighted by Crippen LogP contribution is 2.15. The van der Waals surface area contributed by atoms with Crippen LogP contribution in [-0.4, -0.2) is 38.5 Å². The summed E-state index contributed by atoms with van der Waals surface area (Å²) in [5, 5.41) is 3.26. The largest absolute Gasteiger partial charge is 0.377 e. The molecule has 0 saturated carbocycles. The van der Waals surface area contributed by atoms with E-state index in [4.69, 9.17) is 16.3 Å². The van der Waals surface area contributed by atoms with E-state index >= 15 is 0 Å². The Balaban J connectivity index is 1.74. The van der Waals surface area contributed by atoms with Gasteiger partial charge in [0.2, 0.25) is 5.91 Å². The van der Waals surface area contributed by atoms with Gasteiger partial charge in [0.15, 0.2) is 9.84 Å². The fourth-order valence-electron chi connectivity index (χ4n) is 2.31. The number of halogens is 1. The lowest BCUT2D eigenvalue weighted by molar-refractivity contribution is -0.120. The first kappa shape index (κ1) is 17.2. The zero-order valence-corrected chi connectivity index (χ0v) is 13.8. The molecule has 0 bridgehead atoms. The molecule has 2 rings (SSSR count). The summed E-state index contributed by atoms with van der Waals surface area (Å²) in [6.45, 7) is 0.919. The highest BCUT2D eigenvalue weighted by molar-refractivity contribution is 7.91. The van der Waals surface area contributed by atoms with Crippen molar-refractivity contribution in [2.24, 2.45) is 0 Å². The Kier molecular flexibility index (Phi) is 6.23. The first-order valence-electron chi connectivity index (χ1n) is 7.28. The molecule has 122 valence electrons. The van der Waals surface area contributed by atoms with Crippen LogP contribution in [0.1, 0.15) is 24.8 Å². The number of amides is 1. The highest BCUT2D eigenvalue weighted by Gasteiger charge is 2.23. The van der Waals surface area contributed by atoms with Crippen LogP contribution in [0.3, 0.4) is 0 Å². The second-order valence-corrected chi connectivity index (χ2v) is 8.00. The minimum atomic E-state index is -3.26. The van der Waals surface area contributed by atoms with E-state index in [9.17, 15) is 13.2 Å². The summed E-state index contributed by atoms with van der Waals surface area (Å²) in [6, 6.07) is 7.21. The van der Waals surface area contributed by atoms with Crippen LogP contribution >= 0.6 is 11.6 Å². The lowest BCUT2D eigenvalue weighted by Crippen LogP contribution is -2.28. The minimum Gasteiger partial charge on any atom is -0.377 e. The topological polar surface area (TPSA) is 72.5 Å². The molecule has 7 heteroatoms. The van der Waals surface area contributed by atoms with Crippen LogP contribution in [0.25, 0.3) is 0 Å². The molecule has 0 aromatic heterocycles. The smallest absolute Gasteiger partial charge is 0.221 e. The number of hydrogen-bond acceptors (Lipinski definition) is 4. The van der Waals surface area contributed by atoms with Crippen molar-refractivity contribution in [1.82, 2.24) is 5.32 Å². The molecule has 1 saturated heterocycles. The second kappa shape index (κ2) is 7.94. The zero-order chi connectivity index (χ0) is 16.0. The average Bonchev–Trinajstić information content (AvgIpc) is 2.96. The van der Waals surface area contributed by atoms with Crippen LogP contribution in [0.15, 0.2) is 24.3 Å². The summed E-state index contributed by atoms with van der Waals surface area (Å²) in [6.07, 6.45) is 1.42. The van der Waals surface area contributed by atoms with Gasteiger partial charge in [0, 0.05) is 24.6 Å². The van der Waals surface area contributed by atoms with Gasteiger partial charge >= 0.3 is 0 Å². The number of carbonyl (C=O) groups excluding carboxylic acids is 1. The lowest BCUT2D eigenvalue weighted by atomic mass is 10.2. The van der Waals surface area contributed by atoms with Crippen molar-refractivity contribution in [1.29, 1.82) is 0 Å². The van der Waals surface area contributed by atoms with Crippen LogP contribution in [0.5, 0.6) is 0 Å². The third-order valence-electron chi connectivity index (χ3n) is 3.54. The predicted octanol–water partition coefficient (Wildman–Crippen LogP) is 1.94. The Morgan fingerprint density at radius 2 is 2.14 bits per heavy atom. The molecule has 5 nitrogen and oxygen atoms in total. The number of rotatable bonds is 7. The number of sulfone groups is 1. The van der Waals surface area contributed by atoms with Crippen molar-refractivity contribution in [3.8, 4) is 0 Å². The summed E-state index contributed by atoms with van der Waals surface area (Å²) in [5.74, 6) is -0.442. The maximum Gasteiger partial charge on any atom is 0.221 e. The number of carbonyl (C=O) groups is 1. The van der Waals surface area contributed by atoms with Gasteiger partial charge in [-0.1, -0.05) is 29.8 Å². The second-order valence-electron chi connectivity index (χ2n) is 5.37. The van der Waals surface area contributed by atoms with Gasteiger partial charge in [0.25, 0.3) is 0 Å². The van der Waals surface area contributed by atoms with Gasteiger partial charge in [-0.2, -0.15) is 0 Å². The number of nitrogens with one attached hydrogen (secondary N) is 1. The molecule has 0 spiro atoms. The van der Waals surface area contributed by atoms with Crippen LogP contribution in [0, 0.1) is 0 Å². The standard InChI is InChI=1S/C15H20ClNO4S/c16-14-6-2-1-4-12(14)10-17-15(18)7-9-22(19,20)11-13-5-3-8-21-13/h1-2,4,6,13H,3,5,7-11H2,(H,17,18)/t13-/m1/s1. The summed E-state index contributed by atoms with van der Waals surface area (Å²) in [7, 11) is -3.26. The fourth-order valence-corrected chi connectivity index (χ4v) is 4.01. The van der Waals surface area contributed by atoms with E-state index in [2.05, 4.69) is 5.32 Å².